The number of nitrogens with zero attached hydrogens (tertiary/aromatic N) is 3. The number of benzene rings is 1. The van der Waals surface area contributed by atoms with Gasteiger partial charge < -0.3 is 16.0 Å². The van der Waals surface area contributed by atoms with Crippen LogP contribution in [0.25, 0.3) is 0 Å². The number of carbonyl (C=O) groups excluding carboxylic acids is 1. The first-order chi connectivity index (χ1) is 10.2. The third-order valence-electron chi connectivity index (χ3n) is 3.52. The van der Waals surface area contributed by atoms with E-state index in [0.29, 0.717) is 11.4 Å². The van der Waals surface area contributed by atoms with Crippen LogP contribution in [0.2, 0.25) is 0 Å². The summed E-state index contributed by atoms with van der Waals surface area (Å²) in [5.41, 5.74) is 7.17. The molecule has 1 amide bonds. The van der Waals surface area contributed by atoms with Gasteiger partial charge in [-0.2, -0.15) is 0 Å². The van der Waals surface area contributed by atoms with E-state index in [1.807, 2.05) is 18.2 Å². The van der Waals surface area contributed by atoms with Gasteiger partial charge in [0.15, 0.2) is 11.5 Å². The molecule has 1 saturated heterocycles. The van der Waals surface area contributed by atoms with Gasteiger partial charge in [-0.05, 0) is 37.1 Å². The van der Waals surface area contributed by atoms with Gasteiger partial charge in [0, 0.05) is 13.1 Å². The highest BCUT2D eigenvalue weighted by Gasteiger charge is 2.15. The topological polar surface area (TPSA) is 84.1 Å². The van der Waals surface area contributed by atoms with E-state index < -0.39 is 0 Å². The van der Waals surface area contributed by atoms with Crippen LogP contribution in [-0.2, 0) is 0 Å². The molecule has 2 aromatic rings. The number of rotatable bonds is 3. The van der Waals surface area contributed by atoms with Gasteiger partial charge in [-0.25, -0.2) is 0 Å². The molecule has 3 rings (SSSR count). The van der Waals surface area contributed by atoms with Crippen LogP contribution >= 0.6 is 0 Å². The van der Waals surface area contributed by atoms with Crippen molar-refractivity contribution in [1.82, 2.24) is 10.2 Å². The van der Waals surface area contributed by atoms with Crippen molar-refractivity contribution in [3.63, 3.8) is 0 Å². The Morgan fingerprint density at radius 2 is 1.86 bits per heavy atom. The lowest BCUT2D eigenvalue weighted by Crippen LogP contribution is -2.21. The Morgan fingerprint density at radius 1 is 1.10 bits per heavy atom. The second-order valence-electron chi connectivity index (χ2n) is 5.01. The van der Waals surface area contributed by atoms with E-state index in [1.54, 1.807) is 18.2 Å². The smallest absolute Gasteiger partial charge is 0.276 e. The summed E-state index contributed by atoms with van der Waals surface area (Å²) in [6, 6.07) is 10.6. The monoisotopic (exact) mass is 283 g/mol. The predicted octanol–water partition coefficient (Wildman–Crippen LogP) is 1.91. The molecule has 1 aromatic carbocycles. The fraction of sp³-hybridized carbons (Fsp3) is 0.267. The van der Waals surface area contributed by atoms with Crippen LogP contribution in [0.4, 0.5) is 17.2 Å². The molecular weight excluding hydrogens is 266 g/mol. The maximum absolute atomic E-state index is 12.1. The Bertz CT molecular complexity index is 635. The van der Waals surface area contributed by atoms with E-state index in [9.17, 15) is 4.79 Å². The predicted molar refractivity (Wildman–Crippen MR) is 82.3 cm³/mol. The highest BCUT2D eigenvalue weighted by molar-refractivity contribution is 6.04. The Morgan fingerprint density at radius 3 is 2.52 bits per heavy atom. The second kappa shape index (κ2) is 5.78. The Labute approximate surface area is 123 Å². The lowest BCUT2D eigenvalue weighted by Gasteiger charge is -2.15. The summed E-state index contributed by atoms with van der Waals surface area (Å²) < 4.78 is 0. The minimum absolute atomic E-state index is 0.279. The number of anilines is 3. The Balaban J connectivity index is 1.71. The minimum atomic E-state index is -0.312. The normalized spacial score (nSPS) is 14.2. The van der Waals surface area contributed by atoms with Crippen LogP contribution in [0.3, 0.4) is 0 Å². The number of hydrogen-bond acceptors (Lipinski definition) is 5. The van der Waals surface area contributed by atoms with E-state index in [-0.39, 0.29) is 11.6 Å². The standard InChI is InChI=1S/C15H17N5O/c16-11-5-1-2-6-12(11)17-15(21)13-7-8-14(19-18-13)20-9-3-4-10-20/h1-2,5-8H,3-4,9-10,16H2,(H,17,21). The third kappa shape index (κ3) is 2.94. The SMILES string of the molecule is Nc1ccccc1NC(=O)c1ccc(N2CCCC2)nn1. The molecule has 0 spiro atoms. The van der Waals surface area contributed by atoms with Gasteiger partial charge in [-0.3, -0.25) is 4.79 Å². The first-order valence-electron chi connectivity index (χ1n) is 6.98. The summed E-state index contributed by atoms with van der Waals surface area (Å²) >= 11 is 0. The van der Waals surface area contributed by atoms with Crippen LogP contribution in [-0.4, -0.2) is 29.2 Å². The van der Waals surface area contributed by atoms with E-state index >= 15 is 0 Å². The van der Waals surface area contributed by atoms with Crippen molar-refractivity contribution in [3.8, 4) is 0 Å². The van der Waals surface area contributed by atoms with E-state index in [2.05, 4.69) is 20.4 Å². The Hall–Kier alpha value is -2.63. The molecule has 0 unspecified atom stereocenters. The zero-order valence-electron chi connectivity index (χ0n) is 11.6. The third-order valence-corrected chi connectivity index (χ3v) is 3.52. The van der Waals surface area contributed by atoms with Crippen LogP contribution in [0, 0.1) is 0 Å². The van der Waals surface area contributed by atoms with Crippen LogP contribution in [0.1, 0.15) is 23.3 Å². The van der Waals surface area contributed by atoms with Crippen molar-refractivity contribution in [1.29, 1.82) is 0 Å². The maximum atomic E-state index is 12.1. The number of amides is 1. The van der Waals surface area contributed by atoms with Crippen molar-refractivity contribution < 1.29 is 4.79 Å². The van der Waals surface area contributed by atoms with Crippen molar-refractivity contribution in [2.45, 2.75) is 12.8 Å². The van der Waals surface area contributed by atoms with Crippen molar-refractivity contribution in [3.05, 3.63) is 42.1 Å². The molecule has 3 N–H and O–H groups in total. The maximum Gasteiger partial charge on any atom is 0.276 e. The number of carbonyl (C=O) groups is 1. The number of nitrogen functional groups attached to an aromatic ring is 1. The minimum Gasteiger partial charge on any atom is -0.397 e. The fourth-order valence-electron chi connectivity index (χ4n) is 2.36. The number of aromatic nitrogens is 2. The van der Waals surface area contributed by atoms with Gasteiger partial charge >= 0.3 is 0 Å². The molecule has 0 saturated carbocycles. The lowest BCUT2D eigenvalue weighted by molar-refractivity contribution is 0.102. The molecule has 1 aliphatic heterocycles. The molecular formula is C15H17N5O. The summed E-state index contributed by atoms with van der Waals surface area (Å²) in [7, 11) is 0. The van der Waals surface area contributed by atoms with Crippen molar-refractivity contribution >= 4 is 23.1 Å². The van der Waals surface area contributed by atoms with E-state index in [1.165, 1.54) is 12.8 Å². The van der Waals surface area contributed by atoms with Gasteiger partial charge in [-0.1, -0.05) is 12.1 Å². The quantitative estimate of drug-likeness (QED) is 0.841. The molecule has 6 heteroatoms. The second-order valence-corrected chi connectivity index (χ2v) is 5.01. The van der Waals surface area contributed by atoms with E-state index in [0.717, 1.165) is 18.9 Å². The molecule has 2 heterocycles. The summed E-state index contributed by atoms with van der Waals surface area (Å²) in [6.07, 6.45) is 2.36. The van der Waals surface area contributed by atoms with Crippen LogP contribution < -0.4 is 16.0 Å². The zero-order valence-corrected chi connectivity index (χ0v) is 11.6. The molecule has 21 heavy (non-hydrogen) atoms. The molecule has 6 nitrogen and oxygen atoms in total. The summed E-state index contributed by atoms with van der Waals surface area (Å²) in [5, 5.41) is 10.9. The van der Waals surface area contributed by atoms with Crippen molar-refractivity contribution in [2.24, 2.45) is 0 Å². The van der Waals surface area contributed by atoms with E-state index in [4.69, 9.17) is 5.73 Å². The zero-order chi connectivity index (χ0) is 14.7. The highest BCUT2D eigenvalue weighted by Crippen LogP contribution is 2.19. The van der Waals surface area contributed by atoms with Gasteiger partial charge in [0.05, 0.1) is 11.4 Å². The molecule has 1 aliphatic rings. The summed E-state index contributed by atoms with van der Waals surface area (Å²) in [4.78, 5) is 14.3. The summed E-state index contributed by atoms with van der Waals surface area (Å²) in [6.45, 7) is 2.00. The first kappa shape index (κ1) is 13.4. The van der Waals surface area contributed by atoms with Gasteiger partial charge in [-0.15, -0.1) is 10.2 Å². The molecule has 0 atom stereocenters. The first-order valence-corrected chi connectivity index (χ1v) is 6.98. The Kier molecular flexibility index (Phi) is 3.68. The van der Waals surface area contributed by atoms with Crippen molar-refractivity contribution in [2.75, 3.05) is 29.0 Å². The molecule has 1 fully saturated rings. The molecule has 1 aromatic heterocycles. The highest BCUT2D eigenvalue weighted by atomic mass is 16.1. The average Bonchev–Trinajstić information content (AvgIpc) is 3.04. The van der Waals surface area contributed by atoms with Gasteiger partial charge in [0.2, 0.25) is 0 Å². The number of nitrogens with one attached hydrogen (secondary N) is 1. The van der Waals surface area contributed by atoms with Gasteiger partial charge in [0.25, 0.3) is 5.91 Å². The molecule has 108 valence electrons. The molecule has 0 radical (unpaired) electrons. The number of hydrogen-bond donors (Lipinski definition) is 2. The fourth-order valence-corrected chi connectivity index (χ4v) is 2.36. The number of nitrogens with two attached hydrogens (primary N) is 1. The van der Waals surface area contributed by atoms with Crippen LogP contribution in [0.15, 0.2) is 36.4 Å². The molecule has 0 aliphatic carbocycles. The average molecular weight is 283 g/mol. The summed E-state index contributed by atoms with van der Waals surface area (Å²) in [5.74, 6) is 0.511. The number of para-hydroxylation sites is 2. The molecule has 0 bridgehead atoms. The van der Waals surface area contributed by atoms with Crippen LogP contribution in [0.5, 0.6) is 0 Å². The van der Waals surface area contributed by atoms with Gasteiger partial charge in [0.1, 0.15) is 0 Å². The lowest BCUT2D eigenvalue weighted by atomic mass is 10.2. The largest absolute Gasteiger partial charge is 0.397 e.